The lowest BCUT2D eigenvalue weighted by molar-refractivity contribution is 0.0950. The molecule has 1 aromatic carbocycles. The summed E-state index contributed by atoms with van der Waals surface area (Å²) in [6, 6.07) is 9.36. The van der Waals surface area contributed by atoms with Crippen molar-refractivity contribution in [2.24, 2.45) is 0 Å². The van der Waals surface area contributed by atoms with Gasteiger partial charge in [0.2, 0.25) is 0 Å². The molecule has 1 aromatic heterocycles. The minimum Gasteiger partial charge on any atom is -0.492 e. The molecule has 21 heavy (non-hydrogen) atoms. The highest BCUT2D eigenvalue weighted by Crippen LogP contribution is 2.13. The standard InChI is InChI=1S/C16H20N2O3/c1-18(2)7-9-21-15-5-3-4-13(10-15)11-17-16(19)14-6-8-20-12-14/h3-6,8,10,12H,7,9,11H2,1-2H3,(H,17,19). The van der Waals surface area contributed by atoms with Gasteiger partial charge in [-0.1, -0.05) is 12.1 Å². The second-order valence-electron chi connectivity index (χ2n) is 4.99. The molecule has 0 radical (unpaired) electrons. The van der Waals surface area contributed by atoms with Crippen LogP contribution in [-0.4, -0.2) is 38.1 Å². The Kier molecular flexibility index (Phi) is 5.40. The van der Waals surface area contributed by atoms with Crippen LogP contribution in [0.4, 0.5) is 0 Å². The number of hydrogen-bond donors (Lipinski definition) is 1. The summed E-state index contributed by atoms with van der Waals surface area (Å²) < 4.78 is 10.6. The Hall–Kier alpha value is -2.27. The van der Waals surface area contributed by atoms with Crippen LogP contribution in [0.3, 0.4) is 0 Å². The highest BCUT2D eigenvalue weighted by molar-refractivity contribution is 5.93. The van der Waals surface area contributed by atoms with Crippen LogP contribution < -0.4 is 10.1 Å². The Morgan fingerprint density at radius 3 is 2.90 bits per heavy atom. The van der Waals surface area contributed by atoms with Crippen molar-refractivity contribution in [3.8, 4) is 5.75 Å². The smallest absolute Gasteiger partial charge is 0.254 e. The molecule has 5 heteroatoms. The molecule has 2 aromatic rings. The molecule has 0 bridgehead atoms. The number of rotatable bonds is 7. The van der Waals surface area contributed by atoms with E-state index >= 15 is 0 Å². The second-order valence-corrected chi connectivity index (χ2v) is 4.99. The number of carbonyl (C=O) groups excluding carboxylic acids is 1. The molecule has 0 saturated heterocycles. The molecule has 0 unspecified atom stereocenters. The number of nitrogens with zero attached hydrogens (tertiary/aromatic N) is 1. The van der Waals surface area contributed by atoms with Gasteiger partial charge in [0, 0.05) is 13.1 Å². The zero-order valence-electron chi connectivity index (χ0n) is 12.3. The zero-order chi connectivity index (χ0) is 15.1. The average Bonchev–Trinajstić information content (AvgIpc) is 2.99. The van der Waals surface area contributed by atoms with Crippen LogP contribution in [0.2, 0.25) is 0 Å². The summed E-state index contributed by atoms with van der Waals surface area (Å²) in [5.74, 6) is 0.662. The fourth-order valence-corrected chi connectivity index (χ4v) is 1.77. The number of ether oxygens (including phenoxy) is 1. The van der Waals surface area contributed by atoms with Crippen LogP contribution in [0.5, 0.6) is 5.75 Å². The fourth-order valence-electron chi connectivity index (χ4n) is 1.77. The summed E-state index contributed by atoms with van der Waals surface area (Å²) in [6.45, 7) is 1.95. The second kappa shape index (κ2) is 7.50. The lowest BCUT2D eigenvalue weighted by Crippen LogP contribution is -2.22. The molecule has 112 valence electrons. The SMILES string of the molecule is CN(C)CCOc1cccc(CNC(=O)c2ccoc2)c1. The third-order valence-electron chi connectivity index (χ3n) is 2.94. The maximum absolute atomic E-state index is 11.8. The predicted octanol–water partition coefficient (Wildman–Crippen LogP) is 2.15. The van der Waals surface area contributed by atoms with E-state index in [4.69, 9.17) is 9.15 Å². The molecule has 1 heterocycles. The van der Waals surface area contributed by atoms with Crippen molar-refractivity contribution >= 4 is 5.91 Å². The minimum absolute atomic E-state index is 0.150. The molecule has 1 N–H and O–H groups in total. The summed E-state index contributed by atoms with van der Waals surface area (Å²) in [4.78, 5) is 13.9. The minimum atomic E-state index is -0.150. The van der Waals surface area contributed by atoms with Gasteiger partial charge in [-0.3, -0.25) is 4.79 Å². The number of amides is 1. The van der Waals surface area contributed by atoms with Crippen molar-refractivity contribution in [2.75, 3.05) is 27.2 Å². The largest absolute Gasteiger partial charge is 0.492 e. The molecule has 0 aliphatic heterocycles. The number of benzene rings is 1. The Labute approximate surface area is 124 Å². The first kappa shape index (κ1) is 15.1. The predicted molar refractivity (Wildman–Crippen MR) is 80.4 cm³/mol. The van der Waals surface area contributed by atoms with Crippen LogP contribution in [0.25, 0.3) is 0 Å². The number of hydrogen-bond acceptors (Lipinski definition) is 4. The average molecular weight is 288 g/mol. The van der Waals surface area contributed by atoms with Crippen molar-refractivity contribution in [3.05, 3.63) is 54.0 Å². The van der Waals surface area contributed by atoms with E-state index in [0.717, 1.165) is 17.9 Å². The topological polar surface area (TPSA) is 54.7 Å². The maximum atomic E-state index is 11.8. The molecule has 0 atom stereocenters. The molecule has 5 nitrogen and oxygen atoms in total. The summed E-state index contributed by atoms with van der Waals surface area (Å²) in [5.41, 5.74) is 1.52. The van der Waals surface area contributed by atoms with Gasteiger partial charge in [-0.05, 0) is 37.9 Å². The summed E-state index contributed by atoms with van der Waals surface area (Å²) in [5, 5.41) is 2.84. The van der Waals surface area contributed by atoms with Gasteiger partial charge >= 0.3 is 0 Å². The van der Waals surface area contributed by atoms with Gasteiger partial charge in [-0.15, -0.1) is 0 Å². The fraction of sp³-hybridized carbons (Fsp3) is 0.312. The van der Waals surface area contributed by atoms with Gasteiger partial charge in [0.05, 0.1) is 11.8 Å². The van der Waals surface area contributed by atoms with Crippen LogP contribution in [0.1, 0.15) is 15.9 Å². The third-order valence-corrected chi connectivity index (χ3v) is 2.94. The first-order chi connectivity index (χ1) is 10.1. The lowest BCUT2D eigenvalue weighted by Gasteiger charge is -2.12. The molecule has 0 aliphatic carbocycles. The van der Waals surface area contributed by atoms with E-state index in [2.05, 4.69) is 10.2 Å². The monoisotopic (exact) mass is 288 g/mol. The third kappa shape index (κ3) is 4.96. The van der Waals surface area contributed by atoms with Crippen LogP contribution in [0.15, 0.2) is 47.3 Å². The highest BCUT2D eigenvalue weighted by atomic mass is 16.5. The highest BCUT2D eigenvalue weighted by Gasteiger charge is 2.06. The molecule has 2 rings (SSSR count). The lowest BCUT2D eigenvalue weighted by atomic mass is 10.2. The molecule has 1 amide bonds. The van der Waals surface area contributed by atoms with Gasteiger partial charge in [-0.2, -0.15) is 0 Å². The first-order valence-electron chi connectivity index (χ1n) is 6.82. The van der Waals surface area contributed by atoms with Gasteiger partial charge in [0.1, 0.15) is 18.6 Å². The van der Waals surface area contributed by atoms with Crippen molar-refractivity contribution in [1.29, 1.82) is 0 Å². The Bertz CT molecular complexity index is 565. The van der Waals surface area contributed by atoms with E-state index in [1.54, 1.807) is 6.07 Å². The van der Waals surface area contributed by atoms with E-state index in [1.165, 1.54) is 12.5 Å². The molecular formula is C16H20N2O3. The van der Waals surface area contributed by atoms with E-state index in [1.807, 2.05) is 38.4 Å². The van der Waals surface area contributed by atoms with Crippen LogP contribution in [-0.2, 0) is 6.54 Å². The van der Waals surface area contributed by atoms with Crippen molar-refractivity contribution in [3.63, 3.8) is 0 Å². The Morgan fingerprint density at radius 1 is 1.33 bits per heavy atom. The normalized spacial score (nSPS) is 10.6. The molecule has 0 aliphatic rings. The van der Waals surface area contributed by atoms with Crippen molar-refractivity contribution in [2.45, 2.75) is 6.54 Å². The van der Waals surface area contributed by atoms with E-state index in [9.17, 15) is 4.79 Å². The van der Waals surface area contributed by atoms with Crippen LogP contribution >= 0.6 is 0 Å². The van der Waals surface area contributed by atoms with E-state index in [0.29, 0.717) is 18.7 Å². The summed E-state index contributed by atoms with van der Waals surface area (Å²) in [6.07, 6.45) is 2.91. The molecule has 0 fully saturated rings. The molecule has 0 spiro atoms. The summed E-state index contributed by atoms with van der Waals surface area (Å²) in [7, 11) is 4.01. The number of carbonyl (C=O) groups is 1. The summed E-state index contributed by atoms with van der Waals surface area (Å²) >= 11 is 0. The Balaban J connectivity index is 1.84. The van der Waals surface area contributed by atoms with Gasteiger partial charge < -0.3 is 19.4 Å². The Morgan fingerprint density at radius 2 is 2.19 bits per heavy atom. The van der Waals surface area contributed by atoms with Crippen molar-refractivity contribution < 1.29 is 13.9 Å². The maximum Gasteiger partial charge on any atom is 0.254 e. The molecular weight excluding hydrogens is 268 g/mol. The van der Waals surface area contributed by atoms with Gasteiger partial charge in [0.25, 0.3) is 5.91 Å². The van der Waals surface area contributed by atoms with Gasteiger partial charge in [-0.25, -0.2) is 0 Å². The zero-order valence-corrected chi connectivity index (χ0v) is 12.3. The first-order valence-corrected chi connectivity index (χ1v) is 6.82. The number of nitrogens with one attached hydrogen (secondary N) is 1. The number of likely N-dealkylation sites (N-methyl/N-ethyl adjacent to an activating group) is 1. The number of furan rings is 1. The van der Waals surface area contributed by atoms with Crippen molar-refractivity contribution in [1.82, 2.24) is 10.2 Å². The molecule has 0 saturated carbocycles. The quantitative estimate of drug-likeness (QED) is 0.848. The van der Waals surface area contributed by atoms with E-state index in [-0.39, 0.29) is 5.91 Å². The van der Waals surface area contributed by atoms with Crippen LogP contribution in [0, 0.1) is 0 Å². The van der Waals surface area contributed by atoms with E-state index < -0.39 is 0 Å². The van der Waals surface area contributed by atoms with Gasteiger partial charge in [0.15, 0.2) is 0 Å².